The van der Waals surface area contributed by atoms with Gasteiger partial charge in [0.25, 0.3) is 0 Å². The minimum atomic E-state index is 0.205. The van der Waals surface area contributed by atoms with E-state index >= 15 is 0 Å². The molecule has 17 heavy (non-hydrogen) atoms. The Morgan fingerprint density at radius 2 is 1.53 bits per heavy atom. The quantitative estimate of drug-likeness (QED) is 0.543. The van der Waals surface area contributed by atoms with Crippen LogP contribution in [0.25, 0.3) is 10.8 Å². The average molecular weight is 356 g/mol. The molecule has 0 aromatic heterocycles. The lowest BCUT2D eigenvalue weighted by Gasteiger charge is -2.27. The smallest absolute Gasteiger partial charge is 0.0449 e. The summed E-state index contributed by atoms with van der Waals surface area (Å²) in [6, 6.07) is 12.9. The lowest BCUT2D eigenvalue weighted by atomic mass is 9.86. The Hall–Kier alpha value is -0.340. The van der Waals surface area contributed by atoms with Crippen LogP contribution in [0.1, 0.15) is 31.2 Å². The summed E-state index contributed by atoms with van der Waals surface area (Å²) in [5.74, 6) is 0. The third-order valence-corrected chi connectivity index (χ3v) is 5.50. The normalized spacial score (nSPS) is 13.9. The SMILES string of the molecule is CC(C)(C)C(Br)c1ccc(Br)c2ccccc12. The summed E-state index contributed by atoms with van der Waals surface area (Å²) in [4.78, 5) is 0.355. The molecule has 0 saturated carbocycles. The Labute approximate surface area is 120 Å². The van der Waals surface area contributed by atoms with E-state index in [1.807, 2.05) is 0 Å². The maximum Gasteiger partial charge on any atom is 0.0449 e. The summed E-state index contributed by atoms with van der Waals surface area (Å²) in [6.07, 6.45) is 0. The number of benzene rings is 2. The summed E-state index contributed by atoms with van der Waals surface area (Å²) in [5.41, 5.74) is 1.56. The first-order valence-corrected chi connectivity index (χ1v) is 7.43. The molecule has 0 heterocycles. The topological polar surface area (TPSA) is 0 Å². The zero-order chi connectivity index (χ0) is 12.6. The molecule has 1 unspecified atom stereocenters. The van der Waals surface area contributed by atoms with Crippen molar-refractivity contribution in [3.8, 4) is 0 Å². The molecule has 2 heteroatoms. The number of hydrogen-bond acceptors (Lipinski definition) is 0. The molecule has 0 nitrogen and oxygen atoms in total. The van der Waals surface area contributed by atoms with E-state index in [0.29, 0.717) is 4.83 Å². The Morgan fingerprint density at radius 1 is 0.941 bits per heavy atom. The largest absolute Gasteiger partial charge is 0.0833 e. The third kappa shape index (κ3) is 2.58. The van der Waals surface area contributed by atoms with Crippen LogP contribution in [0.4, 0.5) is 0 Å². The van der Waals surface area contributed by atoms with Gasteiger partial charge in [-0.1, -0.05) is 83.0 Å². The molecule has 0 fully saturated rings. The van der Waals surface area contributed by atoms with E-state index in [1.54, 1.807) is 0 Å². The van der Waals surface area contributed by atoms with Gasteiger partial charge in [0, 0.05) is 9.30 Å². The van der Waals surface area contributed by atoms with Crippen LogP contribution in [-0.2, 0) is 0 Å². The van der Waals surface area contributed by atoms with Crippen molar-refractivity contribution in [1.29, 1.82) is 0 Å². The fourth-order valence-electron chi connectivity index (χ4n) is 1.97. The standard InChI is InChI=1S/C15H16Br2/c1-15(2,3)14(17)12-8-9-13(16)11-7-5-4-6-10(11)12/h4-9,14H,1-3H3. The molecule has 0 saturated heterocycles. The number of hydrogen-bond donors (Lipinski definition) is 0. The molecule has 1 atom stereocenters. The van der Waals surface area contributed by atoms with Gasteiger partial charge in [0.1, 0.15) is 0 Å². The summed E-state index contributed by atoms with van der Waals surface area (Å²) in [6.45, 7) is 6.76. The van der Waals surface area contributed by atoms with Crippen LogP contribution >= 0.6 is 31.9 Å². The number of alkyl halides is 1. The molecular formula is C15H16Br2. The number of halogens is 2. The van der Waals surface area contributed by atoms with Crippen molar-refractivity contribution in [2.45, 2.75) is 25.6 Å². The molecular weight excluding hydrogens is 340 g/mol. The molecule has 0 amide bonds. The van der Waals surface area contributed by atoms with Gasteiger partial charge in [0.15, 0.2) is 0 Å². The van der Waals surface area contributed by atoms with Gasteiger partial charge in [-0.2, -0.15) is 0 Å². The lowest BCUT2D eigenvalue weighted by Crippen LogP contribution is -2.13. The molecule has 0 radical (unpaired) electrons. The predicted octanol–water partition coefficient (Wildman–Crippen LogP) is 6.08. The van der Waals surface area contributed by atoms with Crippen LogP contribution in [0, 0.1) is 5.41 Å². The Bertz CT molecular complexity index is 538. The molecule has 0 aliphatic heterocycles. The van der Waals surface area contributed by atoms with Crippen LogP contribution in [0.3, 0.4) is 0 Å². The van der Waals surface area contributed by atoms with Gasteiger partial charge < -0.3 is 0 Å². The van der Waals surface area contributed by atoms with E-state index in [0.717, 1.165) is 4.47 Å². The van der Waals surface area contributed by atoms with Crippen molar-refractivity contribution >= 4 is 42.6 Å². The third-order valence-electron chi connectivity index (χ3n) is 2.94. The van der Waals surface area contributed by atoms with E-state index in [4.69, 9.17) is 0 Å². The highest BCUT2D eigenvalue weighted by Crippen LogP contribution is 2.43. The summed E-state index contributed by atoms with van der Waals surface area (Å²) in [5, 5.41) is 2.59. The molecule has 90 valence electrons. The molecule has 0 N–H and O–H groups in total. The van der Waals surface area contributed by atoms with Gasteiger partial charge >= 0.3 is 0 Å². The molecule has 2 rings (SSSR count). The fourth-order valence-corrected chi connectivity index (χ4v) is 2.85. The Morgan fingerprint density at radius 3 is 2.12 bits per heavy atom. The van der Waals surface area contributed by atoms with Crippen LogP contribution in [0.15, 0.2) is 40.9 Å². The molecule has 0 spiro atoms. The highest BCUT2D eigenvalue weighted by Gasteiger charge is 2.25. The van der Waals surface area contributed by atoms with Crippen LogP contribution in [-0.4, -0.2) is 0 Å². The van der Waals surface area contributed by atoms with E-state index in [1.165, 1.54) is 16.3 Å². The van der Waals surface area contributed by atoms with E-state index < -0.39 is 0 Å². The maximum atomic E-state index is 3.84. The van der Waals surface area contributed by atoms with Crippen LogP contribution in [0.2, 0.25) is 0 Å². The molecule has 2 aromatic carbocycles. The summed E-state index contributed by atoms with van der Waals surface area (Å²) < 4.78 is 1.16. The molecule has 0 bridgehead atoms. The van der Waals surface area contributed by atoms with E-state index in [9.17, 15) is 0 Å². The second-order valence-corrected chi connectivity index (χ2v) is 7.18. The first-order chi connectivity index (χ1) is 7.91. The van der Waals surface area contributed by atoms with Crippen molar-refractivity contribution in [2.24, 2.45) is 5.41 Å². The Kier molecular flexibility index (Phi) is 3.65. The van der Waals surface area contributed by atoms with Gasteiger partial charge in [0.05, 0.1) is 0 Å². The monoisotopic (exact) mass is 354 g/mol. The van der Waals surface area contributed by atoms with Crippen LogP contribution in [0.5, 0.6) is 0 Å². The van der Waals surface area contributed by atoms with Crippen molar-refractivity contribution in [3.63, 3.8) is 0 Å². The Balaban J connectivity index is 2.67. The minimum absolute atomic E-state index is 0.205. The average Bonchev–Trinajstić information content (AvgIpc) is 2.28. The predicted molar refractivity (Wildman–Crippen MR) is 82.8 cm³/mol. The molecule has 0 aliphatic rings. The molecule has 2 aromatic rings. The van der Waals surface area contributed by atoms with E-state index in [-0.39, 0.29) is 5.41 Å². The summed E-state index contributed by atoms with van der Waals surface area (Å²) in [7, 11) is 0. The van der Waals surface area contributed by atoms with Gasteiger partial charge in [-0.05, 0) is 27.8 Å². The second-order valence-electron chi connectivity index (χ2n) is 5.41. The zero-order valence-electron chi connectivity index (χ0n) is 10.3. The highest BCUT2D eigenvalue weighted by molar-refractivity contribution is 9.10. The van der Waals surface area contributed by atoms with Gasteiger partial charge in [-0.3, -0.25) is 0 Å². The number of fused-ring (bicyclic) bond motifs is 1. The van der Waals surface area contributed by atoms with Gasteiger partial charge in [-0.15, -0.1) is 0 Å². The fraction of sp³-hybridized carbons (Fsp3) is 0.333. The number of rotatable bonds is 1. The first kappa shape index (κ1) is 13.1. The van der Waals surface area contributed by atoms with Crippen LogP contribution < -0.4 is 0 Å². The van der Waals surface area contributed by atoms with Gasteiger partial charge in [0.2, 0.25) is 0 Å². The van der Waals surface area contributed by atoms with Crippen molar-refractivity contribution in [3.05, 3.63) is 46.4 Å². The van der Waals surface area contributed by atoms with Crippen molar-refractivity contribution in [1.82, 2.24) is 0 Å². The highest BCUT2D eigenvalue weighted by atomic mass is 79.9. The lowest BCUT2D eigenvalue weighted by molar-refractivity contribution is 0.408. The van der Waals surface area contributed by atoms with Gasteiger partial charge in [-0.25, -0.2) is 0 Å². The molecule has 0 aliphatic carbocycles. The minimum Gasteiger partial charge on any atom is -0.0833 e. The van der Waals surface area contributed by atoms with E-state index in [2.05, 4.69) is 89.0 Å². The summed E-state index contributed by atoms with van der Waals surface area (Å²) >= 11 is 7.45. The van der Waals surface area contributed by atoms with Crippen molar-refractivity contribution in [2.75, 3.05) is 0 Å². The second kappa shape index (κ2) is 4.74. The maximum absolute atomic E-state index is 3.84. The van der Waals surface area contributed by atoms with Crippen molar-refractivity contribution < 1.29 is 0 Å². The zero-order valence-corrected chi connectivity index (χ0v) is 13.5. The first-order valence-electron chi connectivity index (χ1n) is 5.72.